The van der Waals surface area contributed by atoms with E-state index >= 15 is 0 Å². The third-order valence-electron chi connectivity index (χ3n) is 4.07. The van der Waals surface area contributed by atoms with Gasteiger partial charge in [0.05, 0.1) is 16.9 Å². The first kappa shape index (κ1) is 20.2. The van der Waals surface area contributed by atoms with Gasteiger partial charge in [-0.2, -0.15) is 0 Å². The number of hydrogen-bond donors (Lipinski definition) is 0. The summed E-state index contributed by atoms with van der Waals surface area (Å²) < 4.78 is 6.23. The van der Waals surface area contributed by atoms with Crippen molar-refractivity contribution in [2.24, 2.45) is 0 Å². The standard InChI is InChI=1S/C21H19BrN2O3S/c1-13-4-9-19(14(2)10-13)24(15(3)25)21-23-18(12-28-21)11-27-20(26)16-5-7-17(22)8-6-16/h4-10,12H,11H2,1-3H3. The van der Waals surface area contributed by atoms with Crippen LogP contribution in [0.25, 0.3) is 0 Å². The fraction of sp³-hybridized carbons (Fsp3) is 0.190. The molecule has 0 spiro atoms. The molecule has 3 aromatic rings. The summed E-state index contributed by atoms with van der Waals surface area (Å²) in [4.78, 5) is 30.5. The van der Waals surface area contributed by atoms with Crippen LogP contribution in [0.1, 0.15) is 34.1 Å². The Morgan fingerprint density at radius 3 is 2.50 bits per heavy atom. The lowest BCUT2D eigenvalue weighted by Crippen LogP contribution is -2.23. The van der Waals surface area contributed by atoms with Gasteiger partial charge in [0.15, 0.2) is 5.13 Å². The van der Waals surface area contributed by atoms with Gasteiger partial charge >= 0.3 is 5.97 Å². The minimum Gasteiger partial charge on any atom is -0.456 e. The molecule has 144 valence electrons. The first-order chi connectivity index (χ1) is 13.3. The monoisotopic (exact) mass is 458 g/mol. The van der Waals surface area contributed by atoms with Crippen LogP contribution in [0.4, 0.5) is 10.8 Å². The Morgan fingerprint density at radius 1 is 1.14 bits per heavy atom. The molecule has 28 heavy (non-hydrogen) atoms. The Morgan fingerprint density at radius 2 is 1.86 bits per heavy atom. The normalized spacial score (nSPS) is 10.6. The molecule has 1 aromatic heterocycles. The van der Waals surface area contributed by atoms with Crippen molar-refractivity contribution < 1.29 is 14.3 Å². The summed E-state index contributed by atoms with van der Waals surface area (Å²) in [5.74, 6) is -0.542. The predicted molar refractivity (Wildman–Crippen MR) is 114 cm³/mol. The third-order valence-corrected chi connectivity index (χ3v) is 5.47. The minimum absolute atomic E-state index is 0.0457. The number of amides is 1. The van der Waals surface area contributed by atoms with Crippen LogP contribution in [0.5, 0.6) is 0 Å². The molecule has 0 aliphatic carbocycles. The zero-order valence-electron chi connectivity index (χ0n) is 15.7. The van der Waals surface area contributed by atoms with Gasteiger partial charge in [-0.15, -0.1) is 11.3 Å². The van der Waals surface area contributed by atoms with E-state index in [1.54, 1.807) is 34.5 Å². The van der Waals surface area contributed by atoms with Crippen LogP contribution < -0.4 is 4.90 Å². The molecule has 0 saturated carbocycles. The number of esters is 1. The van der Waals surface area contributed by atoms with E-state index < -0.39 is 5.97 Å². The van der Waals surface area contributed by atoms with Gasteiger partial charge in [0.25, 0.3) is 0 Å². The molecule has 1 heterocycles. The molecule has 0 aliphatic heterocycles. The highest BCUT2D eigenvalue weighted by molar-refractivity contribution is 9.10. The van der Waals surface area contributed by atoms with Crippen LogP contribution in [0.15, 0.2) is 52.3 Å². The van der Waals surface area contributed by atoms with Crippen LogP contribution in [-0.4, -0.2) is 16.9 Å². The van der Waals surface area contributed by atoms with Gasteiger partial charge in [0.2, 0.25) is 5.91 Å². The number of carbonyl (C=O) groups excluding carboxylic acids is 2. The number of ether oxygens (including phenoxy) is 1. The molecule has 3 rings (SSSR count). The van der Waals surface area contributed by atoms with E-state index in [-0.39, 0.29) is 12.5 Å². The maximum atomic E-state index is 12.3. The van der Waals surface area contributed by atoms with Gasteiger partial charge in [-0.3, -0.25) is 9.69 Å². The average molecular weight is 459 g/mol. The van der Waals surface area contributed by atoms with Crippen molar-refractivity contribution in [2.45, 2.75) is 27.4 Å². The van der Waals surface area contributed by atoms with E-state index in [2.05, 4.69) is 20.9 Å². The molecule has 0 N–H and O–H groups in total. The number of thiazole rings is 1. The van der Waals surface area contributed by atoms with Crippen molar-refractivity contribution in [1.29, 1.82) is 0 Å². The number of nitrogens with zero attached hydrogens (tertiary/aromatic N) is 2. The Labute approximate surface area is 176 Å². The highest BCUT2D eigenvalue weighted by atomic mass is 79.9. The summed E-state index contributed by atoms with van der Waals surface area (Å²) in [6, 6.07) is 12.9. The van der Waals surface area contributed by atoms with E-state index in [1.165, 1.54) is 18.3 Å². The molecular weight excluding hydrogens is 440 g/mol. The number of anilines is 2. The third kappa shape index (κ3) is 4.66. The Hall–Kier alpha value is -2.51. The summed E-state index contributed by atoms with van der Waals surface area (Å²) in [5.41, 5.74) is 3.99. The fourth-order valence-electron chi connectivity index (χ4n) is 2.74. The average Bonchev–Trinajstić information content (AvgIpc) is 3.10. The van der Waals surface area contributed by atoms with Crippen LogP contribution in [0.3, 0.4) is 0 Å². The number of halogens is 1. The quantitative estimate of drug-likeness (QED) is 0.469. The highest BCUT2D eigenvalue weighted by Gasteiger charge is 2.20. The molecule has 1 amide bonds. The van der Waals surface area contributed by atoms with Gasteiger partial charge in [-0.05, 0) is 49.7 Å². The number of aryl methyl sites for hydroxylation is 2. The second-order valence-corrected chi connectivity index (χ2v) is 8.10. The van der Waals surface area contributed by atoms with Gasteiger partial charge in [0.1, 0.15) is 6.61 Å². The van der Waals surface area contributed by atoms with Crippen LogP contribution in [0.2, 0.25) is 0 Å². The number of benzene rings is 2. The van der Waals surface area contributed by atoms with Crippen molar-refractivity contribution in [2.75, 3.05) is 4.90 Å². The lowest BCUT2D eigenvalue weighted by molar-refractivity contribution is -0.115. The molecule has 0 atom stereocenters. The molecule has 0 unspecified atom stereocenters. The summed E-state index contributed by atoms with van der Waals surface area (Å²) in [6.07, 6.45) is 0. The zero-order chi connectivity index (χ0) is 20.3. The molecule has 0 bridgehead atoms. The first-order valence-corrected chi connectivity index (χ1v) is 10.3. The van der Waals surface area contributed by atoms with Gasteiger partial charge in [-0.25, -0.2) is 9.78 Å². The van der Waals surface area contributed by atoms with Crippen LogP contribution in [0, 0.1) is 13.8 Å². The number of rotatable bonds is 5. The summed E-state index contributed by atoms with van der Waals surface area (Å²) >= 11 is 4.67. The number of hydrogen-bond acceptors (Lipinski definition) is 5. The van der Waals surface area contributed by atoms with Crippen molar-refractivity contribution in [3.05, 3.63) is 74.7 Å². The molecule has 0 radical (unpaired) electrons. The lowest BCUT2D eigenvalue weighted by Gasteiger charge is -2.20. The van der Waals surface area contributed by atoms with Gasteiger partial charge in [-0.1, -0.05) is 33.6 Å². The molecule has 0 fully saturated rings. The second kappa shape index (κ2) is 8.67. The van der Waals surface area contributed by atoms with Crippen molar-refractivity contribution in [3.8, 4) is 0 Å². The number of carbonyl (C=O) groups is 2. The Kier molecular flexibility index (Phi) is 6.26. The molecule has 0 aliphatic rings. The van der Waals surface area contributed by atoms with E-state index in [1.807, 2.05) is 32.0 Å². The van der Waals surface area contributed by atoms with Gasteiger partial charge in [0, 0.05) is 16.8 Å². The fourth-order valence-corrected chi connectivity index (χ4v) is 3.87. The maximum Gasteiger partial charge on any atom is 0.338 e. The Bertz CT molecular complexity index is 1010. The topological polar surface area (TPSA) is 59.5 Å². The molecule has 7 heteroatoms. The largest absolute Gasteiger partial charge is 0.456 e. The SMILES string of the molecule is CC(=O)N(c1nc(COC(=O)c2ccc(Br)cc2)cs1)c1ccc(C)cc1C. The van der Waals surface area contributed by atoms with E-state index in [0.29, 0.717) is 16.4 Å². The minimum atomic E-state index is -0.417. The maximum absolute atomic E-state index is 12.3. The van der Waals surface area contributed by atoms with Crippen molar-refractivity contribution >= 4 is 50.0 Å². The highest BCUT2D eigenvalue weighted by Crippen LogP contribution is 2.32. The van der Waals surface area contributed by atoms with Crippen molar-refractivity contribution in [3.63, 3.8) is 0 Å². The van der Waals surface area contributed by atoms with Crippen LogP contribution >= 0.6 is 27.3 Å². The molecule has 2 aromatic carbocycles. The summed E-state index contributed by atoms with van der Waals surface area (Å²) in [6.45, 7) is 5.53. The smallest absolute Gasteiger partial charge is 0.338 e. The molecule has 5 nitrogen and oxygen atoms in total. The summed E-state index contributed by atoms with van der Waals surface area (Å²) in [5, 5.41) is 2.35. The van der Waals surface area contributed by atoms with Crippen molar-refractivity contribution in [1.82, 2.24) is 4.98 Å². The zero-order valence-corrected chi connectivity index (χ0v) is 18.1. The second-order valence-electron chi connectivity index (χ2n) is 6.35. The van der Waals surface area contributed by atoms with E-state index in [9.17, 15) is 9.59 Å². The van der Waals surface area contributed by atoms with E-state index in [0.717, 1.165) is 21.3 Å². The predicted octanol–water partition coefficient (Wildman–Crippen LogP) is 5.56. The molecule has 0 saturated heterocycles. The number of aromatic nitrogens is 1. The van der Waals surface area contributed by atoms with Gasteiger partial charge < -0.3 is 4.74 Å². The van der Waals surface area contributed by atoms with Crippen LogP contribution in [-0.2, 0) is 16.1 Å². The molecular formula is C21H19BrN2O3S. The van der Waals surface area contributed by atoms with E-state index in [4.69, 9.17) is 4.74 Å². The summed E-state index contributed by atoms with van der Waals surface area (Å²) in [7, 11) is 0. The lowest BCUT2D eigenvalue weighted by atomic mass is 10.1. The Balaban J connectivity index is 1.75. The first-order valence-electron chi connectivity index (χ1n) is 8.60.